The number of likely N-dealkylation sites (tertiary alicyclic amines) is 1. The summed E-state index contributed by atoms with van der Waals surface area (Å²) in [6.45, 7) is 3.21. The lowest BCUT2D eigenvalue weighted by Crippen LogP contribution is -2.49. The van der Waals surface area contributed by atoms with Gasteiger partial charge in [0.1, 0.15) is 0 Å². The first-order chi connectivity index (χ1) is 14.5. The van der Waals surface area contributed by atoms with Gasteiger partial charge in [-0.15, -0.1) is 0 Å². The summed E-state index contributed by atoms with van der Waals surface area (Å²) in [5.74, 6) is 0.520. The maximum atomic E-state index is 13.6. The molecule has 0 radical (unpaired) electrons. The highest BCUT2D eigenvalue weighted by Gasteiger charge is 2.37. The summed E-state index contributed by atoms with van der Waals surface area (Å²) in [6, 6.07) is 11.1. The number of methoxy groups -OCH3 is 1. The second-order valence-electron chi connectivity index (χ2n) is 8.30. The van der Waals surface area contributed by atoms with Crippen LogP contribution in [0.3, 0.4) is 0 Å². The summed E-state index contributed by atoms with van der Waals surface area (Å²) in [7, 11) is 1.67. The number of hydrogen-bond acceptors (Lipinski definition) is 3. The lowest BCUT2D eigenvalue weighted by Gasteiger charge is -2.42. The van der Waals surface area contributed by atoms with Crippen LogP contribution in [0.15, 0.2) is 47.4 Å². The van der Waals surface area contributed by atoms with Crippen LogP contribution in [0.5, 0.6) is 0 Å². The van der Waals surface area contributed by atoms with Crippen LogP contribution in [0.2, 0.25) is 5.02 Å². The molecule has 2 bridgehead atoms. The first-order valence-electron chi connectivity index (χ1n) is 10.3. The van der Waals surface area contributed by atoms with E-state index in [1.807, 2.05) is 46.0 Å². The van der Waals surface area contributed by atoms with E-state index >= 15 is 0 Å². The van der Waals surface area contributed by atoms with E-state index in [4.69, 9.17) is 16.3 Å². The molecule has 30 heavy (non-hydrogen) atoms. The van der Waals surface area contributed by atoms with Crippen LogP contribution in [0.25, 0.3) is 10.9 Å². The van der Waals surface area contributed by atoms with Crippen LogP contribution >= 0.6 is 11.6 Å². The Morgan fingerprint density at radius 2 is 2.07 bits per heavy atom. The monoisotopic (exact) mass is 425 g/mol. The van der Waals surface area contributed by atoms with Gasteiger partial charge in [-0.2, -0.15) is 0 Å². The standard InChI is InChI=1S/C23H24ClN3O3/c1-30-8-7-25-14-19(18-10-17(24)5-6-21(18)25)23(29)26-11-15-9-16(13-26)20-3-2-4-22(28)27(20)12-15/h2-6,10,14-16H,7-9,11-13H2,1H3. The lowest BCUT2D eigenvalue weighted by molar-refractivity contribution is 0.0596. The summed E-state index contributed by atoms with van der Waals surface area (Å²) in [6.07, 6.45) is 2.94. The molecule has 0 saturated carbocycles. The predicted octanol–water partition coefficient (Wildman–Crippen LogP) is 3.36. The molecular weight excluding hydrogens is 402 g/mol. The number of carbonyl (C=O) groups is 1. The van der Waals surface area contributed by atoms with E-state index in [-0.39, 0.29) is 17.4 Å². The quantitative estimate of drug-likeness (QED) is 0.644. The Kier molecular flexibility index (Phi) is 4.91. The molecule has 0 N–H and O–H groups in total. The number of fused-ring (bicyclic) bond motifs is 5. The van der Waals surface area contributed by atoms with Crippen molar-refractivity contribution < 1.29 is 9.53 Å². The van der Waals surface area contributed by atoms with Gasteiger partial charge >= 0.3 is 0 Å². The lowest BCUT2D eigenvalue weighted by atomic mass is 9.83. The van der Waals surface area contributed by atoms with E-state index in [1.165, 1.54) is 0 Å². The van der Waals surface area contributed by atoms with E-state index in [2.05, 4.69) is 4.57 Å². The fraction of sp³-hybridized carbons (Fsp3) is 0.391. The Morgan fingerprint density at radius 3 is 2.90 bits per heavy atom. The van der Waals surface area contributed by atoms with Crippen molar-refractivity contribution >= 4 is 28.4 Å². The third-order valence-electron chi connectivity index (χ3n) is 6.38. The number of amides is 1. The molecule has 1 amide bonds. The summed E-state index contributed by atoms with van der Waals surface area (Å²) in [4.78, 5) is 27.8. The second-order valence-corrected chi connectivity index (χ2v) is 8.74. The van der Waals surface area contributed by atoms with Gasteiger partial charge in [0.05, 0.1) is 12.2 Å². The van der Waals surface area contributed by atoms with E-state index < -0.39 is 0 Å². The van der Waals surface area contributed by atoms with Crippen LogP contribution in [-0.2, 0) is 17.8 Å². The number of piperidine rings is 1. The molecule has 1 fully saturated rings. The third kappa shape index (κ3) is 3.24. The van der Waals surface area contributed by atoms with Gasteiger partial charge in [-0.1, -0.05) is 17.7 Å². The number of ether oxygens (including phenoxy) is 1. The Bertz CT molecular complexity index is 1180. The van der Waals surface area contributed by atoms with Gasteiger partial charge in [0.25, 0.3) is 11.5 Å². The minimum absolute atomic E-state index is 0.0276. The van der Waals surface area contributed by atoms with E-state index in [9.17, 15) is 9.59 Å². The van der Waals surface area contributed by atoms with Gasteiger partial charge in [-0.25, -0.2) is 0 Å². The van der Waals surface area contributed by atoms with Crippen LogP contribution in [0.4, 0.5) is 0 Å². The SMILES string of the molecule is COCCn1cc(C(=O)N2CC3CC(C2)c2cccc(=O)n2C3)c2cc(Cl)ccc21. The summed E-state index contributed by atoms with van der Waals surface area (Å²) >= 11 is 6.25. The van der Waals surface area contributed by atoms with Crippen molar-refractivity contribution in [1.82, 2.24) is 14.0 Å². The molecule has 6 nitrogen and oxygen atoms in total. The average Bonchev–Trinajstić information content (AvgIpc) is 3.10. The van der Waals surface area contributed by atoms with E-state index in [1.54, 1.807) is 13.2 Å². The van der Waals surface area contributed by atoms with Crippen LogP contribution in [0.1, 0.15) is 28.4 Å². The zero-order chi connectivity index (χ0) is 20.8. The number of aromatic nitrogens is 2. The van der Waals surface area contributed by atoms with Crippen LogP contribution < -0.4 is 5.56 Å². The van der Waals surface area contributed by atoms with E-state index in [0.717, 1.165) is 23.0 Å². The fourth-order valence-electron chi connectivity index (χ4n) is 5.05. The van der Waals surface area contributed by atoms with Crippen molar-refractivity contribution in [2.75, 3.05) is 26.8 Å². The Morgan fingerprint density at radius 1 is 1.20 bits per heavy atom. The number of pyridine rings is 1. The zero-order valence-electron chi connectivity index (χ0n) is 16.9. The summed E-state index contributed by atoms with van der Waals surface area (Å²) < 4.78 is 9.17. The van der Waals surface area contributed by atoms with Crippen molar-refractivity contribution in [3.63, 3.8) is 0 Å². The minimum Gasteiger partial charge on any atom is -0.383 e. The molecule has 3 aromatic rings. The van der Waals surface area contributed by atoms with Crippen molar-refractivity contribution in [1.29, 1.82) is 0 Å². The highest BCUT2D eigenvalue weighted by atomic mass is 35.5. The molecule has 156 valence electrons. The van der Waals surface area contributed by atoms with Crippen molar-refractivity contribution in [2.45, 2.75) is 25.4 Å². The number of hydrogen-bond donors (Lipinski definition) is 0. The number of nitrogens with zero attached hydrogens (tertiary/aromatic N) is 3. The predicted molar refractivity (Wildman–Crippen MR) is 116 cm³/mol. The molecule has 2 unspecified atom stereocenters. The smallest absolute Gasteiger partial charge is 0.256 e. The van der Waals surface area contributed by atoms with Gasteiger partial charge in [-0.05, 0) is 36.6 Å². The fourth-order valence-corrected chi connectivity index (χ4v) is 5.22. The first kappa shape index (κ1) is 19.4. The Labute approximate surface area is 179 Å². The van der Waals surface area contributed by atoms with Gasteiger partial charge in [0, 0.05) is 73.1 Å². The van der Waals surface area contributed by atoms with Gasteiger partial charge < -0.3 is 18.8 Å². The average molecular weight is 426 g/mol. The topological polar surface area (TPSA) is 56.5 Å². The molecule has 1 aromatic carbocycles. The zero-order valence-corrected chi connectivity index (χ0v) is 17.6. The molecule has 4 heterocycles. The van der Waals surface area contributed by atoms with Crippen LogP contribution in [-0.4, -0.2) is 46.7 Å². The van der Waals surface area contributed by atoms with Gasteiger partial charge in [0.15, 0.2) is 0 Å². The van der Waals surface area contributed by atoms with Crippen LogP contribution in [0, 0.1) is 5.92 Å². The number of halogens is 1. The molecule has 5 rings (SSSR count). The van der Waals surface area contributed by atoms with Gasteiger partial charge in [0.2, 0.25) is 0 Å². The highest BCUT2D eigenvalue weighted by Crippen LogP contribution is 2.36. The summed E-state index contributed by atoms with van der Waals surface area (Å²) in [5, 5.41) is 1.49. The molecule has 0 aliphatic carbocycles. The molecule has 7 heteroatoms. The first-order valence-corrected chi connectivity index (χ1v) is 10.7. The molecule has 1 saturated heterocycles. The number of carbonyl (C=O) groups excluding carboxylic acids is 1. The number of rotatable bonds is 4. The molecule has 2 aliphatic rings. The van der Waals surface area contributed by atoms with Crippen molar-refractivity contribution in [3.05, 3.63) is 69.2 Å². The maximum absolute atomic E-state index is 13.6. The minimum atomic E-state index is 0.0276. The Hall–Kier alpha value is -2.57. The largest absolute Gasteiger partial charge is 0.383 e. The summed E-state index contributed by atoms with van der Waals surface area (Å²) in [5.41, 5.74) is 2.75. The van der Waals surface area contributed by atoms with Gasteiger partial charge in [-0.3, -0.25) is 9.59 Å². The third-order valence-corrected chi connectivity index (χ3v) is 6.61. The van der Waals surface area contributed by atoms with Crippen molar-refractivity contribution in [2.24, 2.45) is 5.92 Å². The molecule has 2 aliphatic heterocycles. The highest BCUT2D eigenvalue weighted by molar-refractivity contribution is 6.31. The van der Waals surface area contributed by atoms with E-state index in [0.29, 0.717) is 49.3 Å². The molecule has 0 spiro atoms. The number of benzene rings is 1. The van der Waals surface area contributed by atoms with Crippen molar-refractivity contribution in [3.8, 4) is 0 Å². The second kappa shape index (κ2) is 7.60. The maximum Gasteiger partial charge on any atom is 0.256 e. The molecular formula is C23H24ClN3O3. The molecule has 2 atom stereocenters. The molecule has 2 aromatic heterocycles. The normalized spacial score (nSPS) is 20.4. The Balaban J connectivity index is 1.49.